The van der Waals surface area contributed by atoms with Gasteiger partial charge in [0.25, 0.3) is 0 Å². The van der Waals surface area contributed by atoms with Crippen molar-refractivity contribution in [1.82, 2.24) is 0 Å². The Hall–Kier alpha value is -1.33. The van der Waals surface area contributed by atoms with Gasteiger partial charge in [0, 0.05) is 27.4 Å². The quantitative estimate of drug-likeness (QED) is 0.838. The lowest BCUT2D eigenvalue weighted by molar-refractivity contribution is 0.496. The van der Waals surface area contributed by atoms with E-state index in [4.69, 9.17) is 5.73 Å². The summed E-state index contributed by atoms with van der Waals surface area (Å²) < 4.78 is 39.7. The van der Waals surface area contributed by atoms with Crippen LogP contribution in [0.25, 0.3) is 10.4 Å². The summed E-state index contributed by atoms with van der Waals surface area (Å²) in [5.41, 5.74) is 6.15. The normalized spacial score (nSPS) is 16.6. The maximum Gasteiger partial charge on any atom is 0.161 e. The van der Waals surface area contributed by atoms with E-state index in [1.54, 1.807) is 6.07 Å². The van der Waals surface area contributed by atoms with E-state index in [2.05, 4.69) is 0 Å². The molecule has 19 heavy (non-hydrogen) atoms. The van der Waals surface area contributed by atoms with Crippen molar-refractivity contribution < 1.29 is 13.2 Å². The van der Waals surface area contributed by atoms with E-state index < -0.39 is 17.5 Å². The first-order valence-corrected chi connectivity index (χ1v) is 6.88. The zero-order chi connectivity index (χ0) is 13.6. The van der Waals surface area contributed by atoms with Crippen LogP contribution in [0.1, 0.15) is 23.8 Å². The summed E-state index contributed by atoms with van der Waals surface area (Å²) in [5, 5.41) is 0. The minimum Gasteiger partial charge on any atom is -0.323 e. The van der Waals surface area contributed by atoms with E-state index in [-0.39, 0.29) is 11.6 Å². The van der Waals surface area contributed by atoms with Gasteiger partial charge in [-0.05, 0) is 37.0 Å². The first-order valence-electron chi connectivity index (χ1n) is 6.06. The number of halogens is 3. The average molecular weight is 283 g/mol. The Morgan fingerprint density at radius 3 is 2.42 bits per heavy atom. The van der Waals surface area contributed by atoms with E-state index >= 15 is 0 Å². The average Bonchev–Trinajstić information content (AvgIpc) is 3.11. The molecule has 100 valence electrons. The number of benzene rings is 1. The van der Waals surface area contributed by atoms with E-state index in [0.717, 1.165) is 23.8 Å². The van der Waals surface area contributed by atoms with E-state index in [9.17, 15) is 13.2 Å². The summed E-state index contributed by atoms with van der Waals surface area (Å²) in [6, 6.07) is 4.97. The molecule has 0 saturated heterocycles. The van der Waals surface area contributed by atoms with E-state index in [1.165, 1.54) is 11.3 Å². The molecule has 1 aliphatic carbocycles. The Bertz CT molecular complexity index is 619. The molecule has 1 aromatic carbocycles. The standard InChI is InChI=1S/C14H12F3NS/c15-9-6-11(17)10(16)5-8(9)12-3-4-13(19-12)14(18)7-1-2-7/h3-7,14H,1-2,18H2. The summed E-state index contributed by atoms with van der Waals surface area (Å²) in [6.45, 7) is 0. The summed E-state index contributed by atoms with van der Waals surface area (Å²) in [4.78, 5) is 1.53. The van der Waals surface area contributed by atoms with Crippen molar-refractivity contribution in [2.75, 3.05) is 0 Å². The van der Waals surface area contributed by atoms with Crippen LogP contribution in [0, 0.1) is 23.4 Å². The first-order chi connectivity index (χ1) is 9.06. The van der Waals surface area contributed by atoms with Gasteiger partial charge in [-0.1, -0.05) is 0 Å². The van der Waals surface area contributed by atoms with Gasteiger partial charge in [0.15, 0.2) is 11.6 Å². The molecule has 0 spiro atoms. The second-order valence-corrected chi connectivity index (χ2v) is 5.93. The Morgan fingerprint density at radius 2 is 1.74 bits per heavy atom. The van der Waals surface area contributed by atoms with Crippen LogP contribution in [0.3, 0.4) is 0 Å². The van der Waals surface area contributed by atoms with Crippen molar-refractivity contribution >= 4 is 11.3 Å². The monoisotopic (exact) mass is 283 g/mol. The second-order valence-electron chi connectivity index (χ2n) is 4.81. The molecule has 1 unspecified atom stereocenters. The Morgan fingerprint density at radius 1 is 1.05 bits per heavy atom. The fourth-order valence-corrected chi connectivity index (χ4v) is 3.20. The van der Waals surface area contributed by atoms with Gasteiger partial charge >= 0.3 is 0 Å². The second kappa shape index (κ2) is 4.65. The molecule has 5 heteroatoms. The lowest BCUT2D eigenvalue weighted by Gasteiger charge is -2.06. The van der Waals surface area contributed by atoms with Gasteiger partial charge in [0.1, 0.15) is 5.82 Å². The predicted molar refractivity (Wildman–Crippen MR) is 69.3 cm³/mol. The van der Waals surface area contributed by atoms with Gasteiger partial charge in [-0.3, -0.25) is 0 Å². The van der Waals surface area contributed by atoms with Crippen molar-refractivity contribution in [3.8, 4) is 10.4 Å². The number of nitrogens with two attached hydrogens (primary N) is 1. The van der Waals surface area contributed by atoms with Crippen molar-refractivity contribution in [3.63, 3.8) is 0 Å². The van der Waals surface area contributed by atoms with Crippen LogP contribution in [0.4, 0.5) is 13.2 Å². The summed E-state index contributed by atoms with van der Waals surface area (Å²) >= 11 is 1.34. The minimum absolute atomic E-state index is 0.0351. The molecule has 1 nitrogen and oxygen atoms in total. The first kappa shape index (κ1) is 12.7. The van der Waals surface area contributed by atoms with Gasteiger partial charge in [0.2, 0.25) is 0 Å². The number of thiophene rings is 1. The fraction of sp³-hybridized carbons (Fsp3) is 0.286. The topological polar surface area (TPSA) is 26.0 Å². The highest BCUT2D eigenvalue weighted by Gasteiger charge is 2.30. The Labute approximate surface area is 112 Å². The maximum absolute atomic E-state index is 13.7. The molecule has 3 rings (SSSR count). The smallest absolute Gasteiger partial charge is 0.161 e. The molecule has 1 aliphatic rings. The SMILES string of the molecule is NC(c1ccc(-c2cc(F)c(F)cc2F)s1)C1CC1. The summed E-state index contributed by atoms with van der Waals surface area (Å²) in [6.07, 6.45) is 2.24. The highest BCUT2D eigenvalue weighted by molar-refractivity contribution is 7.15. The van der Waals surface area contributed by atoms with Gasteiger partial charge in [-0.15, -0.1) is 11.3 Å². The van der Waals surface area contributed by atoms with Crippen LogP contribution in [-0.4, -0.2) is 0 Å². The van der Waals surface area contributed by atoms with Crippen LogP contribution in [0.5, 0.6) is 0 Å². The van der Waals surface area contributed by atoms with Crippen molar-refractivity contribution in [3.05, 3.63) is 46.6 Å². The largest absolute Gasteiger partial charge is 0.323 e. The Balaban J connectivity index is 1.96. The molecule has 0 amide bonds. The number of hydrogen-bond acceptors (Lipinski definition) is 2. The molecule has 1 fully saturated rings. The lowest BCUT2D eigenvalue weighted by Crippen LogP contribution is -2.10. The molecule has 1 heterocycles. The van der Waals surface area contributed by atoms with Crippen molar-refractivity contribution in [2.24, 2.45) is 11.7 Å². The van der Waals surface area contributed by atoms with Crippen molar-refractivity contribution in [1.29, 1.82) is 0 Å². The third-order valence-corrected chi connectivity index (χ3v) is 4.58. The molecule has 0 aliphatic heterocycles. The highest BCUT2D eigenvalue weighted by Crippen LogP contribution is 2.43. The maximum atomic E-state index is 13.7. The molecule has 2 N–H and O–H groups in total. The summed E-state index contributed by atoms with van der Waals surface area (Å²) in [7, 11) is 0. The van der Waals surface area contributed by atoms with E-state index in [1.807, 2.05) is 6.07 Å². The molecular formula is C14H12F3NS. The van der Waals surface area contributed by atoms with Crippen LogP contribution < -0.4 is 5.73 Å². The zero-order valence-corrected chi connectivity index (χ0v) is 10.8. The molecule has 0 bridgehead atoms. The minimum atomic E-state index is -1.17. The lowest BCUT2D eigenvalue weighted by atomic mass is 10.1. The highest BCUT2D eigenvalue weighted by atomic mass is 32.1. The summed E-state index contributed by atoms with van der Waals surface area (Å²) in [5.74, 6) is -2.47. The van der Waals surface area contributed by atoms with Gasteiger partial charge in [0.05, 0.1) is 0 Å². The molecular weight excluding hydrogens is 271 g/mol. The van der Waals surface area contributed by atoms with Gasteiger partial charge in [-0.25, -0.2) is 13.2 Å². The molecule has 1 atom stereocenters. The molecule has 1 aromatic heterocycles. The van der Waals surface area contributed by atoms with Crippen LogP contribution in [0.15, 0.2) is 24.3 Å². The third kappa shape index (κ3) is 2.40. The van der Waals surface area contributed by atoms with Crippen molar-refractivity contribution in [2.45, 2.75) is 18.9 Å². The number of hydrogen-bond donors (Lipinski definition) is 1. The molecule has 2 aromatic rings. The van der Waals surface area contributed by atoms with Gasteiger partial charge < -0.3 is 5.73 Å². The van der Waals surface area contributed by atoms with E-state index in [0.29, 0.717) is 16.9 Å². The molecule has 1 saturated carbocycles. The fourth-order valence-electron chi connectivity index (χ4n) is 2.08. The van der Waals surface area contributed by atoms with Crippen LogP contribution in [0.2, 0.25) is 0 Å². The van der Waals surface area contributed by atoms with Gasteiger partial charge in [-0.2, -0.15) is 0 Å². The third-order valence-electron chi connectivity index (χ3n) is 3.36. The predicted octanol–water partition coefficient (Wildman–Crippen LogP) is 4.24. The van der Waals surface area contributed by atoms with Crippen LogP contribution in [-0.2, 0) is 0 Å². The number of rotatable bonds is 3. The van der Waals surface area contributed by atoms with Crippen LogP contribution >= 0.6 is 11.3 Å². The molecule has 0 radical (unpaired) electrons. The zero-order valence-electron chi connectivity index (χ0n) is 10.00. The Kier molecular flexibility index (Phi) is 3.11.